The number of benzene rings is 2. The van der Waals surface area contributed by atoms with E-state index in [1.807, 2.05) is 0 Å². The number of carbonyl (C=O) groups is 1. The van der Waals surface area contributed by atoms with Gasteiger partial charge in [-0.15, -0.1) is 0 Å². The molecular formula is C18H17O3-. The molecule has 21 heavy (non-hydrogen) atoms. The van der Waals surface area contributed by atoms with Gasteiger partial charge in [0, 0.05) is 12.4 Å². The lowest BCUT2D eigenvalue weighted by atomic mass is 9.99. The molecule has 3 heteroatoms. The van der Waals surface area contributed by atoms with E-state index in [1.165, 1.54) is 22.3 Å². The minimum absolute atomic E-state index is 0.295. The van der Waals surface area contributed by atoms with E-state index >= 15 is 0 Å². The van der Waals surface area contributed by atoms with Crippen molar-refractivity contribution in [1.82, 2.24) is 0 Å². The van der Waals surface area contributed by atoms with Crippen LogP contribution in [-0.2, 0) is 17.6 Å². The third-order valence-electron chi connectivity index (χ3n) is 4.03. The largest absolute Gasteiger partial charge is 0.550 e. The fourth-order valence-corrected chi connectivity index (χ4v) is 2.98. The summed E-state index contributed by atoms with van der Waals surface area (Å²) in [7, 11) is 0. The third kappa shape index (κ3) is 2.98. The van der Waals surface area contributed by atoms with Crippen molar-refractivity contribution >= 4 is 5.97 Å². The number of aryl methyl sites for hydroxylation is 1. The number of aliphatic carboxylic acids is 1. The maximum absolute atomic E-state index is 10.4. The minimum Gasteiger partial charge on any atom is -0.550 e. The van der Waals surface area contributed by atoms with Crippen LogP contribution in [0.25, 0.3) is 11.1 Å². The van der Waals surface area contributed by atoms with Crippen molar-refractivity contribution in [3.63, 3.8) is 0 Å². The number of aliphatic hydroxyl groups excluding tert-OH is 1. The Morgan fingerprint density at radius 1 is 1.14 bits per heavy atom. The van der Waals surface area contributed by atoms with Gasteiger partial charge in [-0.1, -0.05) is 42.5 Å². The number of carbonyl (C=O) groups excluding carboxylic acids is 1. The summed E-state index contributed by atoms with van der Waals surface area (Å²) in [6.45, 7) is 0. The molecule has 0 radical (unpaired) electrons. The van der Waals surface area contributed by atoms with Gasteiger partial charge in [0.1, 0.15) is 0 Å². The zero-order chi connectivity index (χ0) is 14.8. The molecule has 0 aliphatic heterocycles. The second kappa shape index (κ2) is 5.70. The van der Waals surface area contributed by atoms with Crippen LogP contribution in [0.15, 0.2) is 42.5 Å². The Labute approximate surface area is 123 Å². The lowest BCUT2D eigenvalue weighted by Crippen LogP contribution is -2.27. The van der Waals surface area contributed by atoms with Crippen LogP contribution < -0.4 is 5.11 Å². The summed E-state index contributed by atoms with van der Waals surface area (Å²) in [6, 6.07) is 14.8. The number of carboxylic acid groups (broad SMARTS) is 1. The van der Waals surface area contributed by atoms with Crippen LogP contribution in [0.2, 0.25) is 0 Å². The topological polar surface area (TPSA) is 60.4 Å². The SMILES string of the molecule is O=C([O-])C[C@@H](O)CCc1ccc2c(c1)Cc1ccccc1-2. The molecule has 3 rings (SSSR count). The van der Waals surface area contributed by atoms with E-state index in [-0.39, 0.29) is 6.42 Å². The molecule has 0 bridgehead atoms. The average molecular weight is 281 g/mol. The quantitative estimate of drug-likeness (QED) is 0.774. The first-order chi connectivity index (χ1) is 10.1. The van der Waals surface area contributed by atoms with Gasteiger partial charge >= 0.3 is 0 Å². The first-order valence-electron chi connectivity index (χ1n) is 7.21. The second-order valence-electron chi connectivity index (χ2n) is 5.59. The number of fused-ring (bicyclic) bond motifs is 3. The molecule has 0 saturated carbocycles. The van der Waals surface area contributed by atoms with Crippen LogP contribution in [0.4, 0.5) is 0 Å². The van der Waals surface area contributed by atoms with Crippen LogP contribution in [0, 0.1) is 0 Å². The summed E-state index contributed by atoms with van der Waals surface area (Å²) in [5.74, 6) is -1.20. The second-order valence-corrected chi connectivity index (χ2v) is 5.59. The zero-order valence-electron chi connectivity index (χ0n) is 11.7. The van der Waals surface area contributed by atoms with E-state index in [9.17, 15) is 15.0 Å². The van der Waals surface area contributed by atoms with Crippen LogP contribution in [0.5, 0.6) is 0 Å². The van der Waals surface area contributed by atoms with Gasteiger partial charge in [0.15, 0.2) is 0 Å². The van der Waals surface area contributed by atoms with E-state index in [4.69, 9.17) is 0 Å². The molecule has 0 unspecified atom stereocenters. The number of hydrogen-bond donors (Lipinski definition) is 1. The zero-order valence-corrected chi connectivity index (χ0v) is 11.7. The molecular weight excluding hydrogens is 264 g/mol. The summed E-state index contributed by atoms with van der Waals surface area (Å²) in [5, 5.41) is 20.0. The van der Waals surface area contributed by atoms with E-state index in [1.54, 1.807) is 0 Å². The molecule has 1 aliphatic carbocycles. The highest BCUT2D eigenvalue weighted by molar-refractivity contribution is 5.76. The Hall–Kier alpha value is -2.13. The summed E-state index contributed by atoms with van der Waals surface area (Å²) in [6.07, 6.45) is 0.940. The van der Waals surface area contributed by atoms with Gasteiger partial charge in [-0.3, -0.25) is 0 Å². The van der Waals surface area contributed by atoms with Gasteiger partial charge in [0.25, 0.3) is 0 Å². The summed E-state index contributed by atoms with van der Waals surface area (Å²) in [5.41, 5.74) is 6.38. The van der Waals surface area contributed by atoms with Gasteiger partial charge in [-0.2, -0.15) is 0 Å². The van der Waals surface area contributed by atoms with Crippen LogP contribution >= 0.6 is 0 Å². The molecule has 1 atom stereocenters. The maximum Gasteiger partial charge on any atom is 0.0595 e. The first kappa shape index (κ1) is 13.8. The van der Waals surface area contributed by atoms with E-state index in [2.05, 4.69) is 42.5 Å². The molecule has 2 aromatic carbocycles. The molecule has 0 heterocycles. The Bertz CT molecular complexity index is 676. The van der Waals surface area contributed by atoms with Gasteiger partial charge in [-0.25, -0.2) is 0 Å². The van der Waals surface area contributed by atoms with E-state index < -0.39 is 12.1 Å². The molecule has 0 aromatic heterocycles. The molecule has 0 amide bonds. The Kier molecular flexibility index (Phi) is 3.76. The van der Waals surface area contributed by atoms with Crippen molar-refractivity contribution in [2.75, 3.05) is 0 Å². The van der Waals surface area contributed by atoms with Crippen molar-refractivity contribution in [3.05, 3.63) is 59.2 Å². The van der Waals surface area contributed by atoms with Crippen LogP contribution in [-0.4, -0.2) is 17.2 Å². The lowest BCUT2D eigenvalue weighted by Gasteiger charge is -2.11. The highest BCUT2D eigenvalue weighted by atomic mass is 16.4. The highest BCUT2D eigenvalue weighted by Crippen LogP contribution is 2.36. The molecule has 0 fully saturated rings. The molecule has 0 saturated heterocycles. The summed E-state index contributed by atoms with van der Waals surface area (Å²) in [4.78, 5) is 10.4. The number of aliphatic hydroxyl groups is 1. The van der Waals surface area contributed by atoms with E-state index in [0.717, 1.165) is 12.0 Å². The molecule has 108 valence electrons. The minimum atomic E-state index is -1.20. The number of rotatable bonds is 5. The van der Waals surface area contributed by atoms with Crippen molar-refractivity contribution in [2.45, 2.75) is 31.8 Å². The Morgan fingerprint density at radius 2 is 1.90 bits per heavy atom. The lowest BCUT2D eigenvalue weighted by molar-refractivity contribution is -0.307. The molecule has 0 spiro atoms. The molecule has 2 aromatic rings. The van der Waals surface area contributed by atoms with Crippen molar-refractivity contribution in [2.24, 2.45) is 0 Å². The standard InChI is InChI=1S/C18H18O3/c19-15(11-18(20)21)7-5-12-6-8-17-14(9-12)10-13-3-1-2-4-16(13)17/h1-4,6,8-9,15,19H,5,7,10-11H2,(H,20,21)/p-1/t15-/m0/s1. The number of carboxylic acids is 1. The Morgan fingerprint density at radius 3 is 2.71 bits per heavy atom. The van der Waals surface area contributed by atoms with Crippen molar-refractivity contribution in [3.8, 4) is 11.1 Å². The predicted molar refractivity (Wildman–Crippen MR) is 78.6 cm³/mol. The Balaban J connectivity index is 1.71. The fraction of sp³-hybridized carbons (Fsp3) is 0.278. The average Bonchev–Trinajstić information content (AvgIpc) is 2.82. The monoisotopic (exact) mass is 281 g/mol. The number of hydrogen-bond acceptors (Lipinski definition) is 3. The normalized spacial score (nSPS) is 13.6. The van der Waals surface area contributed by atoms with Crippen molar-refractivity contribution < 1.29 is 15.0 Å². The van der Waals surface area contributed by atoms with Gasteiger partial charge in [0.2, 0.25) is 0 Å². The van der Waals surface area contributed by atoms with Gasteiger partial charge in [0.05, 0.1) is 6.10 Å². The predicted octanol–water partition coefficient (Wildman–Crippen LogP) is 1.69. The van der Waals surface area contributed by atoms with Gasteiger partial charge < -0.3 is 15.0 Å². The fourth-order valence-electron chi connectivity index (χ4n) is 2.98. The van der Waals surface area contributed by atoms with E-state index in [0.29, 0.717) is 12.8 Å². The maximum atomic E-state index is 10.4. The molecule has 1 aliphatic rings. The smallest absolute Gasteiger partial charge is 0.0595 e. The molecule has 3 nitrogen and oxygen atoms in total. The van der Waals surface area contributed by atoms with Gasteiger partial charge in [-0.05, 0) is 47.1 Å². The third-order valence-corrected chi connectivity index (χ3v) is 4.03. The van der Waals surface area contributed by atoms with Crippen LogP contribution in [0.1, 0.15) is 29.5 Å². The summed E-state index contributed by atoms with van der Waals surface area (Å²) < 4.78 is 0. The highest BCUT2D eigenvalue weighted by Gasteiger charge is 2.17. The summed E-state index contributed by atoms with van der Waals surface area (Å²) >= 11 is 0. The first-order valence-corrected chi connectivity index (χ1v) is 7.21. The van der Waals surface area contributed by atoms with Crippen LogP contribution in [0.3, 0.4) is 0 Å². The molecule has 1 N–H and O–H groups in total. The van der Waals surface area contributed by atoms with Crippen molar-refractivity contribution in [1.29, 1.82) is 0 Å².